The Morgan fingerprint density at radius 2 is 1.88 bits per heavy atom. The molecule has 0 saturated carbocycles. The van der Waals surface area contributed by atoms with E-state index in [9.17, 15) is 9.59 Å². The van der Waals surface area contributed by atoms with Crippen molar-refractivity contribution in [1.29, 1.82) is 0 Å². The van der Waals surface area contributed by atoms with Gasteiger partial charge < -0.3 is 9.64 Å². The molecule has 1 aromatic carbocycles. The summed E-state index contributed by atoms with van der Waals surface area (Å²) < 4.78 is 11.9. The third-order valence-corrected chi connectivity index (χ3v) is 7.85. The van der Waals surface area contributed by atoms with Crippen LogP contribution < -0.4 is 27.7 Å². The van der Waals surface area contributed by atoms with Crippen LogP contribution in [-0.2, 0) is 30.4 Å². The number of allylic oxidation sites excluding steroid dienone is 8. The maximum Gasteiger partial charge on any atom is 0.438 e. The van der Waals surface area contributed by atoms with Gasteiger partial charge in [-0.1, -0.05) is 85.3 Å². The number of hydrogen-bond acceptors (Lipinski definition) is 9. The second-order valence-electron chi connectivity index (χ2n) is 12.3. The fourth-order valence-electron chi connectivity index (χ4n) is 5.58. The first-order valence-corrected chi connectivity index (χ1v) is 16.1. The third kappa shape index (κ3) is 9.52. The van der Waals surface area contributed by atoms with Crippen LogP contribution in [0.2, 0.25) is 0 Å². The van der Waals surface area contributed by atoms with Crippen LogP contribution in [-0.4, -0.2) is 39.6 Å². The molecule has 11 nitrogen and oxygen atoms in total. The molecule has 1 aliphatic rings. The van der Waals surface area contributed by atoms with Crippen molar-refractivity contribution < 1.29 is 9.26 Å². The zero-order valence-corrected chi connectivity index (χ0v) is 28.4. The first-order chi connectivity index (χ1) is 22.9. The van der Waals surface area contributed by atoms with Gasteiger partial charge in [-0.3, -0.25) is 25.8 Å². The lowest BCUT2D eigenvalue weighted by atomic mass is 9.97. The fraction of sp³-hybridized carbons (Fsp3) is 0.351. The summed E-state index contributed by atoms with van der Waals surface area (Å²) >= 11 is 0. The average molecular weight is 654 g/mol. The van der Waals surface area contributed by atoms with Crippen molar-refractivity contribution in [1.82, 2.24) is 19.7 Å². The molecule has 254 valence electrons. The van der Waals surface area contributed by atoms with Gasteiger partial charge >= 0.3 is 5.76 Å². The first kappa shape index (κ1) is 35.8. The Morgan fingerprint density at radius 3 is 2.48 bits per heavy atom. The van der Waals surface area contributed by atoms with Gasteiger partial charge in [-0.25, -0.2) is 14.3 Å². The molecule has 0 amide bonds. The van der Waals surface area contributed by atoms with Crippen molar-refractivity contribution >= 4 is 11.6 Å². The normalized spacial score (nSPS) is 14.7. The summed E-state index contributed by atoms with van der Waals surface area (Å²) in [5, 5.41) is 3.82. The van der Waals surface area contributed by atoms with Crippen molar-refractivity contribution in [2.75, 3.05) is 19.0 Å². The van der Waals surface area contributed by atoms with Crippen LogP contribution in [0.4, 0.5) is 5.95 Å². The van der Waals surface area contributed by atoms with Crippen LogP contribution >= 0.6 is 0 Å². The smallest absolute Gasteiger partial charge is 0.438 e. The highest BCUT2D eigenvalue weighted by Gasteiger charge is 2.30. The van der Waals surface area contributed by atoms with Crippen molar-refractivity contribution in [2.24, 2.45) is 11.5 Å². The van der Waals surface area contributed by atoms with Gasteiger partial charge in [-0.05, 0) is 49.0 Å². The zero-order chi connectivity index (χ0) is 34.8. The Balaban J connectivity index is 1.59. The number of hydrogen-bond donors (Lipinski definition) is 3. The minimum absolute atomic E-state index is 0.149. The number of nitrogens with two attached hydrogens (primary N) is 2. The summed E-state index contributed by atoms with van der Waals surface area (Å²) in [6.45, 7) is 12.0. The molecule has 0 radical (unpaired) electrons. The number of H-pyrrole nitrogens is 1. The van der Waals surface area contributed by atoms with Crippen LogP contribution in [0.5, 0.6) is 0 Å². The predicted octanol–water partition coefficient (Wildman–Crippen LogP) is 5.06. The second-order valence-corrected chi connectivity index (χ2v) is 12.3. The Morgan fingerprint density at radius 1 is 1.15 bits per heavy atom. The number of ether oxygens (including phenoxy) is 1. The summed E-state index contributed by atoms with van der Waals surface area (Å²) in [6.07, 6.45) is 16.3. The summed E-state index contributed by atoms with van der Waals surface area (Å²) in [5.74, 6) is -0.0530. The third-order valence-electron chi connectivity index (χ3n) is 7.85. The summed E-state index contributed by atoms with van der Waals surface area (Å²) in [6, 6.07) is 8.20. The molecule has 0 saturated heterocycles. The number of aryl methyl sites for hydroxylation is 1. The SMILES string of the molecule is C=CC/C=C\C=C(\Cc1ccc(Cc2c(CCC)nc(N(C)C)n(C(=C)C=CCC3=C(C)CC(N)(N)O3)c2=O)cc1)Cc1noc(=O)[nH]1. The highest BCUT2D eigenvalue weighted by Crippen LogP contribution is 2.29. The van der Waals surface area contributed by atoms with E-state index < -0.39 is 11.6 Å². The molecule has 0 atom stereocenters. The topological polar surface area (TPSA) is 158 Å². The first-order valence-electron chi connectivity index (χ1n) is 16.1. The molecular formula is C37H47N7O4. The van der Waals surface area contributed by atoms with Crippen molar-refractivity contribution in [2.45, 2.75) is 71.1 Å². The fourth-order valence-corrected chi connectivity index (χ4v) is 5.58. The molecule has 1 aliphatic heterocycles. The number of rotatable bonds is 16. The van der Waals surface area contributed by atoms with E-state index in [4.69, 9.17) is 21.2 Å². The Bertz CT molecular complexity index is 1850. The number of anilines is 1. The number of aromatic nitrogens is 4. The maximum atomic E-state index is 14.2. The molecule has 0 spiro atoms. The van der Waals surface area contributed by atoms with Crippen LogP contribution in [0.3, 0.4) is 0 Å². The van der Waals surface area contributed by atoms with Gasteiger partial charge in [-0.15, -0.1) is 6.58 Å². The van der Waals surface area contributed by atoms with E-state index in [0.29, 0.717) is 61.6 Å². The van der Waals surface area contributed by atoms with Gasteiger partial charge in [0.1, 0.15) is 5.76 Å². The molecular weight excluding hydrogens is 606 g/mol. The summed E-state index contributed by atoms with van der Waals surface area (Å²) in [5.41, 5.74) is 17.8. The minimum atomic E-state index is -1.19. The van der Waals surface area contributed by atoms with Gasteiger partial charge in [0.25, 0.3) is 5.56 Å². The van der Waals surface area contributed by atoms with Gasteiger partial charge in [0, 0.05) is 51.0 Å². The molecule has 0 aliphatic carbocycles. The number of nitrogens with zero attached hydrogens (tertiary/aromatic N) is 4. The molecule has 2 aromatic heterocycles. The van der Waals surface area contributed by atoms with E-state index in [2.05, 4.69) is 46.9 Å². The predicted molar refractivity (Wildman–Crippen MR) is 191 cm³/mol. The second kappa shape index (κ2) is 16.2. The minimum Gasteiger partial charge on any atom is -0.464 e. The van der Waals surface area contributed by atoms with Crippen molar-refractivity contribution in [3.8, 4) is 0 Å². The van der Waals surface area contributed by atoms with E-state index in [1.807, 2.05) is 68.4 Å². The average Bonchev–Trinajstić information content (AvgIpc) is 3.56. The monoisotopic (exact) mass is 653 g/mol. The zero-order valence-electron chi connectivity index (χ0n) is 28.4. The molecule has 0 bridgehead atoms. The molecule has 3 heterocycles. The summed E-state index contributed by atoms with van der Waals surface area (Å²) in [7, 11) is 3.73. The van der Waals surface area contributed by atoms with Crippen molar-refractivity contribution in [3.05, 3.63) is 140 Å². The van der Waals surface area contributed by atoms with E-state index in [1.54, 1.807) is 10.6 Å². The van der Waals surface area contributed by atoms with Crippen molar-refractivity contribution in [3.63, 3.8) is 0 Å². The molecule has 48 heavy (non-hydrogen) atoms. The van der Waals surface area contributed by atoms with Gasteiger partial charge in [0.05, 0.1) is 5.69 Å². The highest BCUT2D eigenvalue weighted by molar-refractivity contribution is 5.60. The van der Waals surface area contributed by atoms with E-state index in [1.165, 1.54) is 0 Å². The number of aromatic amines is 1. The van der Waals surface area contributed by atoms with Gasteiger partial charge in [0.15, 0.2) is 5.82 Å². The Labute approximate surface area is 281 Å². The van der Waals surface area contributed by atoms with Crippen LogP contribution in [0.1, 0.15) is 67.7 Å². The maximum absolute atomic E-state index is 14.2. The van der Waals surface area contributed by atoms with Gasteiger partial charge in [-0.2, -0.15) is 0 Å². The molecule has 5 N–H and O–H groups in total. The Hall–Kier alpha value is -5.00. The highest BCUT2D eigenvalue weighted by atomic mass is 16.5. The van der Waals surface area contributed by atoms with E-state index in [0.717, 1.165) is 46.6 Å². The molecule has 0 fully saturated rings. The Kier molecular flexibility index (Phi) is 12.1. The lowest BCUT2D eigenvalue weighted by Crippen LogP contribution is -2.49. The quantitative estimate of drug-likeness (QED) is 0.109. The lowest BCUT2D eigenvalue weighted by molar-refractivity contribution is 0.0359. The molecule has 11 heteroatoms. The van der Waals surface area contributed by atoms with E-state index in [-0.39, 0.29) is 5.56 Å². The number of nitrogens with one attached hydrogen (secondary N) is 1. The lowest BCUT2D eigenvalue weighted by Gasteiger charge is -2.21. The largest absolute Gasteiger partial charge is 0.464 e. The van der Waals surface area contributed by atoms with Crippen LogP contribution in [0.25, 0.3) is 5.70 Å². The van der Waals surface area contributed by atoms with Gasteiger partial charge in [0.2, 0.25) is 11.8 Å². The summed E-state index contributed by atoms with van der Waals surface area (Å²) in [4.78, 5) is 35.1. The molecule has 0 unspecified atom stereocenters. The van der Waals surface area contributed by atoms with E-state index >= 15 is 0 Å². The number of benzene rings is 1. The molecule has 4 rings (SSSR count). The van der Waals surface area contributed by atoms with Crippen LogP contribution in [0, 0.1) is 0 Å². The standard InChI is InChI=1S/C37H47N7O4/c1-7-9-10-11-15-29(23-33-41-36(46)48-42-33)21-27-17-19-28(20-18-27)22-30-31(13-8-2)40-35(43(5)6)44(34(30)45)26(4)14-12-16-32-25(3)24-37(38,39)47-32/h7,10-12,14-15,17-20H,1,4,8-9,13,16,21-24,38-39H2,2-3,5-6H3,(H,41,42,46)/b11-10-,14-12?,29-15-. The van der Waals surface area contributed by atoms with Crippen LogP contribution in [0.15, 0.2) is 105 Å². The molecule has 3 aromatic rings.